The lowest BCUT2D eigenvalue weighted by molar-refractivity contribution is -0.0715. The maximum absolute atomic E-state index is 10.5. The monoisotopic (exact) mass is 262 g/mol. The Balaban J connectivity index is 1.93. The zero-order chi connectivity index (χ0) is 13.3. The number of hydrogen-bond donors (Lipinski definition) is 2. The second-order valence-corrected chi connectivity index (χ2v) is 4.51. The zero-order valence-electron chi connectivity index (χ0n) is 10.2. The van der Waals surface area contributed by atoms with Crippen molar-refractivity contribution < 1.29 is 19.5 Å². The van der Waals surface area contributed by atoms with Crippen molar-refractivity contribution >= 4 is 0 Å². The molecule has 0 radical (unpaired) electrons. The third-order valence-corrected chi connectivity index (χ3v) is 3.33. The highest BCUT2D eigenvalue weighted by atomic mass is 16.5. The second-order valence-electron chi connectivity index (χ2n) is 4.51. The predicted molar refractivity (Wildman–Crippen MR) is 65.1 cm³/mol. The Morgan fingerprint density at radius 2 is 2.11 bits per heavy atom. The average molecular weight is 262 g/mol. The lowest BCUT2D eigenvalue weighted by Crippen LogP contribution is -2.38. The van der Waals surface area contributed by atoms with E-state index in [2.05, 4.69) is 10.1 Å². The van der Waals surface area contributed by atoms with Crippen LogP contribution in [0.1, 0.15) is 12.2 Å². The first-order valence-electron chi connectivity index (χ1n) is 6.08. The van der Waals surface area contributed by atoms with E-state index in [-0.39, 0.29) is 12.4 Å². The number of nitrogens with zero attached hydrogens (tertiary/aromatic N) is 2. The van der Waals surface area contributed by atoms with E-state index in [1.807, 2.05) is 30.3 Å². The number of aliphatic hydroxyl groups excluding tert-OH is 1. The van der Waals surface area contributed by atoms with Crippen molar-refractivity contribution in [1.29, 1.82) is 0 Å². The summed E-state index contributed by atoms with van der Waals surface area (Å²) in [6.45, 7) is 0.0721. The molecule has 1 aromatic heterocycles. The van der Waals surface area contributed by atoms with E-state index in [1.54, 1.807) is 0 Å². The third kappa shape index (κ3) is 2.03. The smallest absolute Gasteiger partial charge is 0.258 e. The molecule has 1 aliphatic heterocycles. The van der Waals surface area contributed by atoms with Crippen LogP contribution in [0.25, 0.3) is 11.5 Å². The molecule has 2 atom stereocenters. The summed E-state index contributed by atoms with van der Waals surface area (Å²) in [6.07, 6.45) is -0.375. The molecule has 1 saturated heterocycles. The molecule has 6 nitrogen and oxygen atoms in total. The van der Waals surface area contributed by atoms with Gasteiger partial charge in [0.1, 0.15) is 6.10 Å². The van der Waals surface area contributed by atoms with Crippen molar-refractivity contribution in [3.63, 3.8) is 0 Å². The van der Waals surface area contributed by atoms with E-state index in [0.29, 0.717) is 18.9 Å². The molecule has 3 rings (SSSR count). The largest absolute Gasteiger partial charge is 0.394 e. The molecule has 2 heterocycles. The molecule has 2 aromatic rings. The quantitative estimate of drug-likeness (QED) is 0.846. The molecule has 6 heteroatoms. The maximum Gasteiger partial charge on any atom is 0.258 e. The number of aliphatic hydroxyl groups is 2. The minimum absolute atomic E-state index is 0.155. The summed E-state index contributed by atoms with van der Waals surface area (Å²) in [6, 6.07) is 9.30. The van der Waals surface area contributed by atoms with Gasteiger partial charge < -0.3 is 19.5 Å². The Labute approximate surface area is 109 Å². The Kier molecular flexibility index (Phi) is 3.06. The highest BCUT2D eigenvalue weighted by Crippen LogP contribution is 2.34. The molecule has 0 amide bonds. The van der Waals surface area contributed by atoms with Gasteiger partial charge in [-0.05, 0) is 12.1 Å². The predicted octanol–water partition coefficient (Wildman–Crippen LogP) is 0.705. The second kappa shape index (κ2) is 4.73. The van der Waals surface area contributed by atoms with Crippen LogP contribution in [0.2, 0.25) is 0 Å². The van der Waals surface area contributed by atoms with Gasteiger partial charge in [-0.2, -0.15) is 4.98 Å². The van der Waals surface area contributed by atoms with Gasteiger partial charge in [0.25, 0.3) is 5.89 Å². The molecule has 0 aliphatic carbocycles. The third-order valence-electron chi connectivity index (χ3n) is 3.33. The summed E-state index contributed by atoms with van der Waals surface area (Å²) >= 11 is 0. The minimum Gasteiger partial charge on any atom is -0.394 e. The summed E-state index contributed by atoms with van der Waals surface area (Å²) in [5, 5.41) is 23.5. The first kappa shape index (κ1) is 12.3. The molecule has 1 aromatic carbocycles. The molecule has 1 aliphatic rings. The van der Waals surface area contributed by atoms with Crippen LogP contribution in [0, 0.1) is 0 Å². The molecule has 19 heavy (non-hydrogen) atoms. The van der Waals surface area contributed by atoms with Gasteiger partial charge in [0, 0.05) is 12.0 Å². The van der Waals surface area contributed by atoms with Crippen molar-refractivity contribution in [2.24, 2.45) is 0 Å². The molecule has 1 fully saturated rings. The van der Waals surface area contributed by atoms with Crippen LogP contribution in [0.15, 0.2) is 34.9 Å². The highest BCUT2D eigenvalue weighted by Gasteiger charge is 2.47. The van der Waals surface area contributed by atoms with Crippen molar-refractivity contribution in [3.8, 4) is 11.5 Å². The molecule has 2 N–H and O–H groups in total. The average Bonchev–Trinajstić information content (AvgIpc) is 3.07. The minimum atomic E-state index is -1.38. The van der Waals surface area contributed by atoms with Gasteiger partial charge >= 0.3 is 0 Å². The lowest BCUT2D eigenvalue weighted by Gasteiger charge is -2.22. The van der Waals surface area contributed by atoms with Crippen molar-refractivity contribution in [1.82, 2.24) is 10.1 Å². The van der Waals surface area contributed by atoms with Gasteiger partial charge in [-0.15, -0.1) is 0 Å². The van der Waals surface area contributed by atoms with Crippen LogP contribution in [0.5, 0.6) is 0 Å². The van der Waals surface area contributed by atoms with Crippen LogP contribution in [0.3, 0.4) is 0 Å². The molecular weight excluding hydrogens is 248 g/mol. The van der Waals surface area contributed by atoms with Crippen molar-refractivity contribution in [3.05, 3.63) is 36.2 Å². The Morgan fingerprint density at radius 1 is 1.32 bits per heavy atom. The number of hydrogen-bond acceptors (Lipinski definition) is 6. The van der Waals surface area contributed by atoms with Gasteiger partial charge in [0.15, 0.2) is 5.60 Å². The molecular formula is C13H14N2O4. The van der Waals surface area contributed by atoms with Crippen molar-refractivity contribution in [2.75, 3.05) is 13.2 Å². The first-order valence-corrected chi connectivity index (χ1v) is 6.08. The van der Waals surface area contributed by atoms with E-state index >= 15 is 0 Å². The molecule has 0 bridgehead atoms. The van der Waals surface area contributed by atoms with E-state index in [9.17, 15) is 10.2 Å². The fourth-order valence-corrected chi connectivity index (χ4v) is 2.21. The summed E-state index contributed by atoms with van der Waals surface area (Å²) in [5.41, 5.74) is -0.602. The van der Waals surface area contributed by atoms with E-state index in [1.165, 1.54) is 0 Å². The first-order chi connectivity index (χ1) is 9.24. The van der Waals surface area contributed by atoms with Gasteiger partial charge in [0.05, 0.1) is 13.2 Å². The summed E-state index contributed by atoms with van der Waals surface area (Å²) in [5.74, 6) is 0.496. The van der Waals surface area contributed by atoms with E-state index in [4.69, 9.17) is 9.26 Å². The maximum atomic E-state index is 10.5. The van der Waals surface area contributed by atoms with Crippen LogP contribution >= 0.6 is 0 Å². The molecule has 0 saturated carbocycles. The number of benzene rings is 1. The summed E-state index contributed by atoms with van der Waals surface area (Å²) < 4.78 is 10.4. The normalized spacial score (nSPS) is 26.7. The molecule has 100 valence electrons. The fourth-order valence-electron chi connectivity index (χ4n) is 2.21. The lowest BCUT2D eigenvalue weighted by atomic mass is 9.95. The summed E-state index contributed by atoms with van der Waals surface area (Å²) in [4.78, 5) is 4.21. The van der Waals surface area contributed by atoms with Gasteiger partial charge in [-0.3, -0.25) is 0 Å². The Hall–Kier alpha value is -1.76. The Bertz CT molecular complexity index is 557. The number of aromatic nitrogens is 2. The van der Waals surface area contributed by atoms with Gasteiger partial charge in [-0.25, -0.2) is 0 Å². The number of rotatable bonds is 3. The van der Waals surface area contributed by atoms with Gasteiger partial charge in [-0.1, -0.05) is 23.4 Å². The van der Waals surface area contributed by atoms with Gasteiger partial charge in [0.2, 0.25) is 5.82 Å². The van der Waals surface area contributed by atoms with Crippen LogP contribution in [-0.2, 0) is 10.3 Å². The Morgan fingerprint density at radius 3 is 2.84 bits per heavy atom. The fraction of sp³-hybridized carbons (Fsp3) is 0.385. The standard InChI is InChI=1S/C13H14N2O4/c16-8-10-13(17,6-7-18-10)12-14-11(19-15-12)9-4-2-1-3-5-9/h1-5,10,16-17H,6-8H2/t10-,13+/m0/s1. The van der Waals surface area contributed by atoms with E-state index in [0.717, 1.165) is 5.56 Å². The topological polar surface area (TPSA) is 88.6 Å². The molecule has 0 spiro atoms. The van der Waals surface area contributed by atoms with Crippen LogP contribution in [-0.4, -0.2) is 39.7 Å². The zero-order valence-corrected chi connectivity index (χ0v) is 10.2. The number of ether oxygens (including phenoxy) is 1. The van der Waals surface area contributed by atoms with Crippen LogP contribution in [0.4, 0.5) is 0 Å². The SMILES string of the molecule is OC[C@@H]1OCC[C@]1(O)c1noc(-c2ccccc2)n1. The van der Waals surface area contributed by atoms with Crippen molar-refractivity contribution in [2.45, 2.75) is 18.1 Å². The highest BCUT2D eigenvalue weighted by molar-refractivity contribution is 5.52. The van der Waals surface area contributed by atoms with E-state index < -0.39 is 11.7 Å². The summed E-state index contributed by atoms with van der Waals surface area (Å²) in [7, 11) is 0. The van der Waals surface area contributed by atoms with Crippen LogP contribution < -0.4 is 0 Å². The molecule has 0 unspecified atom stereocenters.